The van der Waals surface area contributed by atoms with Crippen molar-refractivity contribution in [3.05, 3.63) is 35.9 Å². The maximum atomic E-state index is 12.7. The smallest absolute Gasteiger partial charge is 0.328 e. The molecule has 0 saturated heterocycles. The van der Waals surface area contributed by atoms with E-state index < -0.39 is 6.04 Å². The van der Waals surface area contributed by atoms with Gasteiger partial charge in [0.15, 0.2) is 0 Å². The van der Waals surface area contributed by atoms with Crippen LogP contribution in [0.4, 0.5) is 0 Å². The molecule has 0 aliphatic rings. The molecule has 0 saturated carbocycles. The number of hydrogen-bond acceptors (Lipinski definition) is 3. The largest absolute Gasteiger partial charge is 0.467 e. The standard InChI is InChI=1S/C19H29NO3/c1-13(2)11-17(19(22)23-5)20-18(21)16(14(3)4)12-15-9-7-6-8-10-15/h6-10,13-14,16-17H,11-12H2,1-5H3,(H,20,21)/t16?,17-/m0/s1. The van der Waals surface area contributed by atoms with Crippen LogP contribution in [0.3, 0.4) is 0 Å². The van der Waals surface area contributed by atoms with Crippen LogP contribution in [0.5, 0.6) is 0 Å². The number of amides is 1. The lowest BCUT2D eigenvalue weighted by atomic mass is 9.88. The number of esters is 1. The van der Waals surface area contributed by atoms with Crippen molar-refractivity contribution in [2.24, 2.45) is 17.8 Å². The van der Waals surface area contributed by atoms with E-state index in [4.69, 9.17) is 4.74 Å². The summed E-state index contributed by atoms with van der Waals surface area (Å²) in [7, 11) is 1.35. The highest BCUT2D eigenvalue weighted by Gasteiger charge is 2.28. The van der Waals surface area contributed by atoms with Crippen molar-refractivity contribution < 1.29 is 14.3 Å². The van der Waals surface area contributed by atoms with E-state index in [2.05, 4.69) is 5.32 Å². The summed E-state index contributed by atoms with van der Waals surface area (Å²) in [6.45, 7) is 8.10. The average molecular weight is 319 g/mol. The van der Waals surface area contributed by atoms with Gasteiger partial charge in [0.2, 0.25) is 5.91 Å². The van der Waals surface area contributed by atoms with E-state index in [-0.39, 0.29) is 23.7 Å². The lowest BCUT2D eigenvalue weighted by Gasteiger charge is -2.24. The van der Waals surface area contributed by atoms with Crippen molar-refractivity contribution in [3.63, 3.8) is 0 Å². The van der Waals surface area contributed by atoms with Gasteiger partial charge in [-0.25, -0.2) is 4.79 Å². The summed E-state index contributed by atoms with van der Waals surface area (Å²) in [5, 5.41) is 2.89. The van der Waals surface area contributed by atoms with E-state index in [0.717, 1.165) is 5.56 Å². The molecule has 0 fully saturated rings. The van der Waals surface area contributed by atoms with Crippen LogP contribution in [-0.2, 0) is 20.7 Å². The summed E-state index contributed by atoms with van der Waals surface area (Å²) in [6.07, 6.45) is 1.24. The van der Waals surface area contributed by atoms with Gasteiger partial charge < -0.3 is 10.1 Å². The van der Waals surface area contributed by atoms with Gasteiger partial charge in [0.25, 0.3) is 0 Å². The summed E-state index contributed by atoms with van der Waals surface area (Å²) >= 11 is 0. The van der Waals surface area contributed by atoms with Crippen LogP contribution in [0.15, 0.2) is 30.3 Å². The third-order valence-electron chi connectivity index (χ3n) is 3.95. The van der Waals surface area contributed by atoms with Gasteiger partial charge in [-0.15, -0.1) is 0 Å². The Morgan fingerprint density at radius 3 is 2.17 bits per heavy atom. The predicted molar refractivity (Wildman–Crippen MR) is 91.9 cm³/mol. The van der Waals surface area contributed by atoms with Gasteiger partial charge in [0, 0.05) is 5.92 Å². The van der Waals surface area contributed by atoms with Crippen LogP contribution < -0.4 is 5.32 Å². The van der Waals surface area contributed by atoms with Crippen LogP contribution in [0.2, 0.25) is 0 Å². The van der Waals surface area contributed by atoms with E-state index in [1.54, 1.807) is 0 Å². The zero-order valence-corrected chi connectivity index (χ0v) is 14.8. The normalized spacial score (nSPS) is 13.7. The van der Waals surface area contributed by atoms with Crippen molar-refractivity contribution >= 4 is 11.9 Å². The number of methoxy groups -OCH3 is 1. The van der Waals surface area contributed by atoms with Gasteiger partial charge in [0.1, 0.15) is 6.04 Å². The third kappa shape index (κ3) is 6.43. The number of carbonyl (C=O) groups excluding carboxylic acids is 2. The lowest BCUT2D eigenvalue weighted by Crippen LogP contribution is -2.46. The molecular weight excluding hydrogens is 290 g/mol. The van der Waals surface area contributed by atoms with E-state index in [0.29, 0.717) is 18.8 Å². The molecule has 4 nitrogen and oxygen atoms in total. The quantitative estimate of drug-likeness (QED) is 0.749. The summed E-state index contributed by atoms with van der Waals surface area (Å²) in [6, 6.07) is 9.37. The van der Waals surface area contributed by atoms with Crippen LogP contribution in [0, 0.1) is 17.8 Å². The minimum Gasteiger partial charge on any atom is -0.467 e. The molecule has 1 N–H and O–H groups in total. The molecule has 0 bridgehead atoms. The number of hydrogen-bond donors (Lipinski definition) is 1. The first-order valence-corrected chi connectivity index (χ1v) is 8.27. The second kappa shape index (κ2) is 9.33. The summed E-state index contributed by atoms with van der Waals surface area (Å²) < 4.78 is 4.82. The minimum atomic E-state index is -0.579. The van der Waals surface area contributed by atoms with E-state index >= 15 is 0 Å². The SMILES string of the molecule is COC(=O)[C@H](CC(C)C)NC(=O)C(Cc1ccccc1)C(C)C. The fraction of sp³-hybridized carbons (Fsp3) is 0.579. The molecule has 1 amide bonds. The molecule has 4 heteroatoms. The Morgan fingerprint density at radius 2 is 1.70 bits per heavy atom. The molecule has 128 valence electrons. The molecule has 23 heavy (non-hydrogen) atoms. The van der Waals surface area contributed by atoms with Crippen molar-refractivity contribution in [2.45, 2.75) is 46.6 Å². The minimum absolute atomic E-state index is 0.0834. The zero-order chi connectivity index (χ0) is 17.4. The zero-order valence-electron chi connectivity index (χ0n) is 14.8. The third-order valence-corrected chi connectivity index (χ3v) is 3.95. The number of nitrogens with one attached hydrogen (secondary N) is 1. The maximum absolute atomic E-state index is 12.7. The van der Waals surface area contributed by atoms with Crippen molar-refractivity contribution in [1.82, 2.24) is 5.32 Å². The molecule has 0 radical (unpaired) electrons. The number of ether oxygens (including phenoxy) is 1. The predicted octanol–water partition coefficient (Wildman–Crippen LogP) is 3.21. The van der Waals surface area contributed by atoms with Crippen LogP contribution in [0.25, 0.3) is 0 Å². The number of carbonyl (C=O) groups is 2. The maximum Gasteiger partial charge on any atom is 0.328 e. The first kappa shape index (κ1) is 19.2. The van der Waals surface area contributed by atoms with Crippen molar-refractivity contribution in [3.8, 4) is 0 Å². The molecule has 0 aliphatic carbocycles. The van der Waals surface area contributed by atoms with Crippen LogP contribution in [-0.4, -0.2) is 25.0 Å². The van der Waals surface area contributed by atoms with Gasteiger partial charge in [-0.05, 0) is 30.2 Å². The molecule has 0 spiro atoms. The Labute approximate surface area is 139 Å². The Morgan fingerprint density at radius 1 is 1.09 bits per heavy atom. The molecule has 0 aliphatic heterocycles. The monoisotopic (exact) mass is 319 g/mol. The Kier molecular flexibility index (Phi) is 7.79. The number of benzene rings is 1. The fourth-order valence-electron chi connectivity index (χ4n) is 2.61. The molecule has 1 rings (SSSR count). The molecule has 1 unspecified atom stereocenters. The summed E-state index contributed by atoms with van der Waals surface area (Å²) in [5.74, 6) is -0.149. The highest BCUT2D eigenvalue weighted by atomic mass is 16.5. The van der Waals surface area contributed by atoms with Gasteiger partial charge in [-0.2, -0.15) is 0 Å². The first-order chi connectivity index (χ1) is 10.8. The van der Waals surface area contributed by atoms with Crippen LogP contribution in [0.1, 0.15) is 39.7 Å². The van der Waals surface area contributed by atoms with Gasteiger partial charge in [-0.1, -0.05) is 58.0 Å². The van der Waals surface area contributed by atoms with Crippen molar-refractivity contribution in [1.29, 1.82) is 0 Å². The molecule has 1 aromatic carbocycles. The number of rotatable bonds is 8. The summed E-state index contributed by atoms with van der Waals surface area (Å²) in [4.78, 5) is 24.6. The van der Waals surface area contributed by atoms with E-state index in [1.807, 2.05) is 58.0 Å². The average Bonchev–Trinajstić information content (AvgIpc) is 2.51. The highest BCUT2D eigenvalue weighted by molar-refractivity contribution is 5.86. The molecule has 0 heterocycles. The highest BCUT2D eigenvalue weighted by Crippen LogP contribution is 2.18. The molecule has 2 atom stereocenters. The van der Waals surface area contributed by atoms with Crippen LogP contribution >= 0.6 is 0 Å². The first-order valence-electron chi connectivity index (χ1n) is 8.27. The molecular formula is C19H29NO3. The van der Waals surface area contributed by atoms with Gasteiger partial charge in [0.05, 0.1) is 7.11 Å². The second-order valence-electron chi connectivity index (χ2n) is 6.75. The van der Waals surface area contributed by atoms with E-state index in [1.165, 1.54) is 7.11 Å². The van der Waals surface area contributed by atoms with Gasteiger partial charge in [-0.3, -0.25) is 4.79 Å². The Hall–Kier alpha value is -1.84. The van der Waals surface area contributed by atoms with E-state index in [9.17, 15) is 9.59 Å². The second-order valence-corrected chi connectivity index (χ2v) is 6.75. The topological polar surface area (TPSA) is 55.4 Å². The lowest BCUT2D eigenvalue weighted by molar-refractivity contribution is -0.146. The van der Waals surface area contributed by atoms with Gasteiger partial charge >= 0.3 is 5.97 Å². The van der Waals surface area contributed by atoms with Crippen molar-refractivity contribution in [2.75, 3.05) is 7.11 Å². The molecule has 0 aromatic heterocycles. The Balaban J connectivity index is 2.81. The summed E-state index contributed by atoms with van der Waals surface area (Å²) in [5.41, 5.74) is 1.12. The fourth-order valence-corrected chi connectivity index (χ4v) is 2.61. The Bertz CT molecular complexity index is 497. The molecule has 1 aromatic rings.